The van der Waals surface area contributed by atoms with Crippen molar-refractivity contribution in [3.63, 3.8) is 0 Å². The van der Waals surface area contributed by atoms with E-state index < -0.39 is 11.3 Å². The second-order valence-electron chi connectivity index (χ2n) is 4.63. The van der Waals surface area contributed by atoms with Crippen molar-refractivity contribution < 1.29 is 8.76 Å². The first-order chi connectivity index (χ1) is 7.63. The molecule has 0 bridgehead atoms. The molecule has 0 spiro atoms. The lowest BCUT2D eigenvalue weighted by atomic mass is 10.0. The lowest BCUT2D eigenvalue weighted by molar-refractivity contribution is 0.267. The number of hydrogen-bond acceptors (Lipinski definition) is 3. The van der Waals surface area contributed by atoms with Crippen LogP contribution in [0.2, 0.25) is 0 Å². The van der Waals surface area contributed by atoms with Crippen molar-refractivity contribution in [3.8, 4) is 0 Å². The lowest BCUT2D eigenvalue weighted by Gasteiger charge is -2.34. The first kappa shape index (κ1) is 14.1. The van der Waals surface area contributed by atoms with Crippen molar-refractivity contribution in [2.45, 2.75) is 58.0 Å². The molecule has 0 aliphatic carbocycles. The van der Waals surface area contributed by atoms with Crippen molar-refractivity contribution in [1.29, 1.82) is 0 Å². The summed E-state index contributed by atoms with van der Waals surface area (Å²) in [5.74, 6) is 0. The van der Waals surface area contributed by atoms with Crippen LogP contribution in [-0.2, 0) is 11.3 Å². The van der Waals surface area contributed by atoms with E-state index in [9.17, 15) is 8.76 Å². The predicted octanol–water partition coefficient (Wildman–Crippen LogP) is 1.41. The van der Waals surface area contributed by atoms with Crippen LogP contribution in [-0.4, -0.2) is 38.2 Å². The minimum atomic E-state index is -2.03. The van der Waals surface area contributed by atoms with Crippen LogP contribution >= 0.6 is 0 Å². The van der Waals surface area contributed by atoms with Crippen LogP contribution in [0.25, 0.3) is 0 Å². The minimum absolute atomic E-state index is 0.492. The van der Waals surface area contributed by atoms with Gasteiger partial charge in [-0.05, 0) is 26.2 Å². The number of nitrogens with one attached hydrogen (secondary N) is 1. The number of piperidine rings is 1. The Morgan fingerprint density at radius 1 is 1.50 bits per heavy atom. The van der Waals surface area contributed by atoms with Gasteiger partial charge >= 0.3 is 0 Å². The first-order valence-electron chi connectivity index (χ1n) is 6.23. The molecular weight excluding hydrogens is 224 g/mol. The monoisotopic (exact) mass is 247 g/mol. The van der Waals surface area contributed by atoms with Crippen molar-refractivity contribution in [2.75, 3.05) is 13.1 Å². The Labute approximate surface area is 101 Å². The Bertz CT molecular complexity index is 218. The van der Waals surface area contributed by atoms with Crippen molar-refractivity contribution in [2.24, 2.45) is 0 Å². The summed E-state index contributed by atoms with van der Waals surface area (Å²) in [6, 6.07) is 1.04. The molecule has 0 amide bonds. The van der Waals surface area contributed by atoms with Gasteiger partial charge in [0.25, 0.3) is 0 Å². The summed E-state index contributed by atoms with van der Waals surface area (Å²) in [6.45, 7) is 5.74. The summed E-state index contributed by atoms with van der Waals surface area (Å²) in [4.78, 5) is 0. The van der Waals surface area contributed by atoms with Crippen LogP contribution in [0.4, 0.5) is 0 Å². The molecule has 2 atom stereocenters. The highest BCUT2D eigenvalue weighted by molar-refractivity contribution is 7.76. The average molecular weight is 247 g/mol. The van der Waals surface area contributed by atoms with Crippen LogP contribution in [0.15, 0.2) is 0 Å². The quantitative estimate of drug-likeness (QED) is 0.722. The van der Waals surface area contributed by atoms with Crippen molar-refractivity contribution in [1.82, 2.24) is 9.62 Å². The maximum absolute atomic E-state index is 10.7. The van der Waals surface area contributed by atoms with E-state index in [1.165, 1.54) is 23.6 Å². The van der Waals surface area contributed by atoms with Crippen LogP contribution < -0.4 is 5.32 Å². The third kappa shape index (κ3) is 4.91. The zero-order valence-corrected chi connectivity index (χ0v) is 11.1. The maximum Gasteiger partial charge on any atom is 0.0209 e. The molecule has 1 heterocycles. The second-order valence-corrected chi connectivity index (χ2v) is 5.58. The fourth-order valence-corrected chi connectivity index (χ4v) is 2.68. The Balaban J connectivity index is 2.18. The molecule has 1 fully saturated rings. The van der Waals surface area contributed by atoms with E-state index >= 15 is 0 Å². The molecule has 1 aliphatic rings. The summed E-state index contributed by atoms with van der Waals surface area (Å²) in [5.41, 5.74) is 0. The van der Waals surface area contributed by atoms with Gasteiger partial charge in [0.1, 0.15) is 0 Å². The Kier molecular flexibility index (Phi) is 6.49. The SMILES string of the molecule is CCCCC(C)NC1CCN(S(=O)[O-])CC1. The molecule has 16 heavy (non-hydrogen) atoms. The third-order valence-corrected chi connectivity index (χ3v) is 3.96. The van der Waals surface area contributed by atoms with Gasteiger partial charge in [-0.2, -0.15) is 0 Å². The molecular formula is C11H23N2O2S-. The van der Waals surface area contributed by atoms with Gasteiger partial charge in [0.2, 0.25) is 0 Å². The molecule has 0 radical (unpaired) electrons. The normalized spacial score (nSPS) is 23.2. The second kappa shape index (κ2) is 7.37. The highest BCUT2D eigenvalue weighted by atomic mass is 32.2. The summed E-state index contributed by atoms with van der Waals surface area (Å²) < 4.78 is 23.0. The Morgan fingerprint density at radius 3 is 2.62 bits per heavy atom. The molecule has 4 nitrogen and oxygen atoms in total. The van der Waals surface area contributed by atoms with E-state index in [0.29, 0.717) is 25.2 Å². The van der Waals surface area contributed by atoms with Gasteiger partial charge in [0, 0.05) is 36.4 Å². The van der Waals surface area contributed by atoms with Crippen LogP contribution in [0, 0.1) is 0 Å². The van der Waals surface area contributed by atoms with E-state index in [4.69, 9.17) is 0 Å². The van der Waals surface area contributed by atoms with Gasteiger partial charge in [-0.15, -0.1) is 0 Å². The molecule has 5 heteroatoms. The predicted molar refractivity (Wildman–Crippen MR) is 65.6 cm³/mol. The van der Waals surface area contributed by atoms with E-state index in [1.54, 1.807) is 0 Å². The highest BCUT2D eigenvalue weighted by Crippen LogP contribution is 2.13. The first-order valence-corrected chi connectivity index (χ1v) is 7.27. The van der Waals surface area contributed by atoms with Gasteiger partial charge in [-0.3, -0.25) is 4.21 Å². The van der Waals surface area contributed by atoms with Crippen LogP contribution in [0.3, 0.4) is 0 Å². The molecule has 1 rings (SSSR count). The van der Waals surface area contributed by atoms with E-state index in [2.05, 4.69) is 19.2 Å². The standard InChI is InChI=1S/C11H24N2O2S/c1-3-4-5-10(2)12-11-6-8-13(9-7-11)16(14)15/h10-12H,3-9H2,1-2H3,(H,14,15)/p-1. The zero-order valence-electron chi connectivity index (χ0n) is 10.3. The van der Waals surface area contributed by atoms with Gasteiger partial charge in [-0.1, -0.05) is 19.8 Å². The molecule has 1 N–H and O–H groups in total. The third-order valence-electron chi connectivity index (χ3n) is 3.18. The fourth-order valence-electron chi connectivity index (χ4n) is 2.17. The smallest absolute Gasteiger partial charge is 0.0209 e. The zero-order chi connectivity index (χ0) is 12.0. The van der Waals surface area contributed by atoms with Gasteiger partial charge in [-0.25, -0.2) is 4.31 Å². The Hall–Kier alpha value is 0.0300. The van der Waals surface area contributed by atoms with Crippen molar-refractivity contribution in [3.05, 3.63) is 0 Å². The molecule has 0 aromatic rings. The lowest BCUT2D eigenvalue weighted by Crippen LogP contribution is -2.45. The Morgan fingerprint density at radius 2 is 2.12 bits per heavy atom. The molecule has 0 aromatic carbocycles. The van der Waals surface area contributed by atoms with Crippen molar-refractivity contribution >= 4 is 11.3 Å². The molecule has 96 valence electrons. The summed E-state index contributed by atoms with van der Waals surface area (Å²) >= 11 is -2.03. The largest absolute Gasteiger partial charge is 0.760 e. The number of hydrogen-bond donors (Lipinski definition) is 1. The van der Waals surface area contributed by atoms with Crippen LogP contribution in [0.5, 0.6) is 0 Å². The fraction of sp³-hybridized carbons (Fsp3) is 1.00. The van der Waals surface area contributed by atoms with E-state index in [-0.39, 0.29) is 0 Å². The maximum atomic E-state index is 10.7. The topological polar surface area (TPSA) is 55.4 Å². The van der Waals surface area contributed by atoms with Gasteiger partial charge in [0.05, 0.1) is 0 Å². The summed E-state index contributed by atoms with van der Waals surface area (Å²) in [7, 11) is 0. The van der Waals surface area contributed by atoms with E-state index in [1.807, 2.05) is 0 Å². The average Bonchev–Trinajstić information content (AvgIpc) is 2.27. The minimum Gasteiger partial charge on any atom is -0.760 e. The number of nitrogens with zero attached hydrogens (tertiary/aromatic N) is 1. The van der Waals surface area contributed by atoms with Gasteiger partial charge < -0.3 is 9.87 Å². The number of rotatable bonds is 6. The molecule has 0 saturated carbocycles. The molecule has 2 unspecified atom stereocenters. The highest BCUT2D eigenvalue weighted by Gasteiger charge is 2.20. The summed E-state index contributed by atoms with van der Waals surface area (Å²) in [6.07, 6.45) is 5.58. The molecule has 1 aliphatic heterocycles. The van der Waals surface area contributed by atoms with Gasteiger partial charge in [0.15, 0.2) is 0 Å². The number of unbranched alkanes of at least 4 members (excludes halogenated alkanes) is 1. The molecule has 1 saturated heterocycles. The molecule has 0 aromatic heterocycles. The van der Waals surface area contributed by atoms with E-state index in [0.717, 1.165) is 12.8 Å². The summed E-state index contributed by atoms with van der Waals surface area (Å²) in [5, 5.41) is 3.59. The van der Waals surface area contributed by atoms with Crippen LogP contribution in [0.1, 0.15) is 46.0 Å².